The number of carboxylic acid groups (broad SMARTS) is 1. The number of carboxylic acids is 1. The lowest BCUT2D eigenvalue weighted by molar-refractivity contribution is 0.0690. The Morgan fingerprint density at radius 1 is 1.64 bits per heavy atom. The second-order valence-electron chi connectivity index (χ2n) is 2.96. The molecule has 0 atom stereocenters. The van der Waals surface area contributed by atoms with E-state index in [4.69, 9.17) is 10.5 Å². The van der Waals surface area contributed by atoms with Crippen molar-refractivity contribution in [3.8, 4) is 0 Å². The predicted octanol–water partition coefficient (Wildman–Crippen LogP) is 1.95. The van der Waals surface area contributed by atoms with Gasteiger partial charge in [-0.1, -0.05) is 13.3 Å². The van der Waals surface area contributed by atoms with Gasteiger partial charge in [-0.3, -0.25) is 0 Å². The van der Waals surface area contributed by atoms with Crippen molar-refractivity contribution in [2.24, 2.45) is 0 Å². The number of hydrogen-bond donors (Lipinski definition) is 2. The number of aromatic carboxylic acids is 1. The first-order chi connectivity index (χ1) is 6.65. The molecule has 2 N–H and O–H groups in total. The van der Waals surface area contributed by atoms with Gasteiger partial charge in [0.1, 0.15) is 5.69 Å². The predicted molar refractivity (Wildman–Crippen MR) is 52.9 cm³/mol. The van der Waals surface area contributed by atoms with Gasteiger partial charge in [0.2, 0.25) is 0 Å². The summed E-state index contributed by atoms with van der Waals surface area (Å²) in [6.07, 6.45) is 2.95. The Morgan fingerprint density at radius 3 is 2.93 bits per heavy atom. The zero-order chi connectivity index (χ0) is 10.6. The molecule has 0 amide bonds. The van der Waals surface area contributed by atoms with Crippen molar-refractivity contribution < 1.29 is 9.90 Å². The van der Waals surface area contributed by atoms with E-state index >= 15 is 0 Å². The quantitative estimate of drug-likeness (QED) is 0.716. The molecule has 1 heterocycles. The molecule has 0 spiro atoms. The third-order valence-corrected chi connectivity index (χ3v) is 1.83. The molecule has 0 aliphatic rings. The monoisotopic (exact) mass is 192 g/mol. The Hall–Kier alpha value is -1.71. The van der Waals surface area contributed by atoms with Crippen LogP contribution in [0.4, 0.5) is 0 Å². The lowest BCUT2D eigenvalue weighted by Crippen LogP contribution is -2.04. The molecular weight excluding hydrogens is 180 g/mol. The fourth-order valence-corrected chi connectivity index (χ4v) is 1.13. The van der Waals surface area contributed by atoms with E-state index in [9.17, 15) is 4.79 Å². The van der Waals surface area contributed by atoms with Crippen LogP contribution in [0.15, 0.2) is 18.3 Å². The molecule has 0 radical (unpaired) electrons. The van der Waals surface area contributed by atoms with Gasteiger partial charge in [0.25, 0.3) is 0 Å². The first kappa shape index (κ1) is 10.4. The van der Waals surface area contributed by atoms with Crippen LogP contribution in [-0.2, 0) is 0 Å². The SMILES string of the molecule is CCCC(=N)c1ccnc(C(=O)O)c1. The molecule has 1 rings (SSSR count). The molecule has 0 aromatic carbocycles. The fraction of sp³-hybridized carbons (Fsp3) is 0.300. The number of pyridine rings is 1. The Kier molecular flexibility index (Phi) is 3.34. The average molecular weight is 192 g/mol. The Bertz CT molecular complexity index is 361. The summed E-state index contributed by atoms with van der Waals surface area (Å²) in [6, 6.07) is 3.09. The highest BCUT2D eigenvalue weighted by Crippen LogP contribution is 2.06. The van der Waals surface area contributed by atoms with Crippen LogP contribution in [0.2, 0.25) is 0 Å². The van der Waals surface area contributed by atoms with Crippen molar-refractivity contribution >= 4 is 11.7 Å². The van der Waals surface area contributed by atoms with Gasteiger partial charge in [-0.2, -0.15) is 0 Å². The average Bonchev–Trinajstić information content (AvgIpc) is 2.18. The number of carbonyl (C=O) groups is 1. The van der Waals surface area contributed by atoms with Crippen LogP contribution in [0, 0.1) is 5.41 Å². The van der Waals surface area contributed by atoms with E-state index in [1.165, 1.54) is 12.3 Å². The standard InChI is InChI=1S/C10H12N2O2/c1-2-3-8(11)7-4-5-12-9(6-7)10(13)14/h4-6,11H,2-3H2,1H3,(H,13,14). The van der Waals surface area contributed by atoms with Crippen LogP contribution < -0.4 is 0 Å². The van der Waals surface area contributed by atoms with E-state index in [0.29, 0.717) is 17.7 Å². The second-order valence-corrected chi connectivity index (χ2v) is 2.96. The van der Waals surface area contributed by atoms with Gasteiger partial charge >= 0.3 is 5.97 Å². The molecule has 0 saturated heterocycles. The molecule has 74 valence electrons. The molecule has 0 aliphatic carbocycles. The van der Waals surface area contributed by atoms with Crippen LogP contribution >= 0.6 is 0 Å². The lowest BCUT2D eigenvalue weighted by atomic mass is 10.1. The van der Waals surface area contributed by atoms with E-state index in [1.807, 2.05) is 6.92 Å². The van der Waals surface area contributed by atoms with Crippen molar-refractivity contribution in [1.82, 2.24) is 4.98 Å². The normalized spacial score (nSPS) is 9.79. The van der Waals surface area contributed by atoms with Gasteiger partial charge in [-0.15, -0.1) is 0 Å². The summed E-state index contributed by atoms with van der Waals surface area (Å²) < 4.78 is 0. The van der Waals surface area contributed by atoms with Gasteiger partial charge in [0.15, 0.2) is 0 Å². The zero-order valence-corrected chi connectivity index (χ0v) is 7.95. The number of aromatic nitrogens is 1. The van der Waals surface area contributed by atoms with Crippen LogP contribution in [-0.4, -0.2) is 21.8 Å². The third-order valence-electron chi connectivity index (χ3n) is 1.83. The maximum atomic E-state index is 10.6. The molecular formula is C10H12N2O2. The maximum absolute atomic E-state index is 10.6. The van der Waals surface area contributed by atoms with Crippen molar-refractivity contribution in [3.63, 3.8) is 0 Å². The summed E-state index contributed by atoms with van der Waals surface area (Å²) >= 11 is 0. The van der Waals surface area contributed by atoms with Crippen molar-refractivity contribution in [1.29, 1.82) is 5.41 Å². The van der Waals surface area contributed by atoms with E-state index < -0.39 is 5.97 Å². The molecule has 14 heavy (non-hydrogen) atoms. The van der Waals surface area contributed by atoms with Crippen molar-refractivity contribution in [2.75, 3.05) is 0 Å². The molecule has 4 nitrogen and oxygen atoms in total. The molecule has 0 aliphatic heterocycles. The smallest absolute Gasteiger partial charge is 0.354 e. The topological polar surface area (TPSA) is 74.0 Å². The van der Waals surface area contributed by atoms with E-state index in [1.54, 1.807) is 6.07 Å². The van der Waals surface area contributed by atoms with Gasteiger partial charge in [0, 0.05) is 11.9 Å². The highest BCUT2D eigenvalue weighted by Gasteiger charge is 2.07. The Balaban J connectivity index is 2.93. The Labute approximate surface area is 82.1 Å². The van der Waals surface area contributed by atoms with E-state index in [-0.39, 0.29) is 5.69 Å². The fourth-order valence-electron chi connectivity index (χ4n) is 1.13. The van der Waals surface area contributed by atoms with Gasteiger partial charge in [-0.05, 0) is 24.1 Å². The minimum atomic E-state index is -1.06. The Morgan fingerprint density at radius 2 is 2.36 bits per heavy atom. The van der Waals surface area contributed by atoms with Crippen LogP contribution in [0.5, 0.6) is 0 Å². The number of nitrogens with one attached hydrogen (secondary N) is 1. The summed E-state index contributed by atoms with van der Waals surface area (Å²) in [6.45, 7) is 1.98. The minimum Gasteiger partial charge on any atom is -0.477 e. The van der Waals surface area contributed by atoms with Gasteiger partial charge < -0.3 is 10.5 Å². The van der Waals surface area contributed by atoms with E-state index in [0.717, 1.165) is 6.42 Å². The molecule has 1 aromatic rings. The maximum Gasteiger partial charge on any atom is 0.354 e. The first-order valence-electron chi connectivity index (χ1n) is 4.42. The summed E-state index contributed by atoms with van der Waals surface area (Å²) in [4.78, 5) is 14.3. The number of rotatable bonds is 4. The summed E-state index contributed by atoms with van der Waals surface area (Å²) in [7, 11) is 0. The highest BCUT2D eigenvalue weighted by atomic mass is 16.4. The third kappa shape index (κ3) is 2.39. The van der Waals surface area contributed by atoms with Crippen LogP contribution in [0.1, 0.15) is 35.8 Å². The second kappa shape index (κ2) is 4.50. The molecule has 0 unspecified atom stereocenters. The number of nitrogens with zero attached hydrogens (tertiary/aromatic N) is 1. The van der Waals surface area contributed by atoms with Gasteiger partial charge in [-0.25, -0.2) is 9.78 Å². The van der Waals surface area contributed by atoms with Crippen LogP contribution in [0.25, 0.3) is 0 Å². The summed E-state index contributed by atoms with van der Waals surface area (Å²) in [5, 5.41) is 16.3. The molecule has 4 heteroatoms. The molecule has 0 bridgehead atoms. The summed E-state index contributed by atoms with van der Waals surface area (Å²) in [5.41, 5.74) is 1.08. The summed E-state index contributed by atoms with van der Waals surface area (Å²) in [5.74, 6) is -1.06. The first-order valence-corrected chi connectivity index (χ1v) is 4.42. The highest BCUT2D eigenvalue weighted by molar-refractivity contribution is 5.99. The van der Waals surface area contributed by atoms with Crippen LogP contribution in [0.3, 0.4) is 0 Å². The largest absolute Gasteiger partial charge is 0.477 e. The number of hydrogen-bond acceptors (Lipinski definition) is 3. The van der Waals surface area contributed by atoms with E-state index in [2.05, 4.69) is 4.98 Å². The molecule has 0 saturated carbocycles. The zero-order valence-electron chi connectivity index (χ0n) is 7.95. The lowest BCUT2D eigenvalue weighted by Gasteiger charge is -2.02. The minimum absolute atomic E-state index is 0.0108. The molecule has 1 aromatic heterocycles. The van der Waals surface area contributed by atoms with Crippen molar-refractivity contribution in [2.45, 2.75) is 19.8 Å². The molecule has 0 fully saturated rings. The van der Waals surface area contributed by atoms with Crippen molar-refractivity contribution in [3.05, 3.63) is 29.6 Å². The van der Waals surface area contributed by atoms with Gasteiger partial charge in [0.05, 0.1) is 0 Å².